The Morgan fingerprint density at radius 3 is 2.17 bits per heavy atom. The van der Waals surface area contributed by atoms with Crippen LogP contribution in [0.2, 0.25) is 0 Å². The molecule has 1 unspecified atom stereocenters. The lowest BCUT2D eigenvalue weighted by atomic mass is 10.2. The summed E-state index contributed by atoms with van der Waals surface area (Å²) in [7, 11) is -3.79. The predicted octanol–water partition coefficient (Wildman–Crippen LogP) is 1.55. The second-order valence-electron chi connectivity index (χ2n) is 6.67. The second-order valence-corrected chi connectivity index (χ2v) is 8.35. The van der Waals surface area contributed by atoms with Crippen LogP contribution in [-0.2, 0) is 19.6 Å². The normalized spacial score (nSPS) is 12.2. The maximum absolute atomic E-state index is 12.5. The van der Waals surface area contributed by atoms with E-state index >= 15 is 0 Å². The molecule has 10 heteroatoms. The number of sulfonamides is 1. The van der Waals surface area contributed by atoms with Crippen LogP contribution in [0.5, 0.6) is 0 Å². The number of rotatable bonds is 11. The highest BCUT2D eigenvalue weighted by Crippen LogP contribution is 2.19. The SMILES string of the molecule is Cc1ccc(NS(=O)(=O)c2ccc(NC(=O)CC(NCCCO)C(=O)O)cc2)cc1. The summed E-state index contributed by atoms with van der Waals surface area (Å²) in [5.41, 5.74) is 1.78. The molecule has 0 fully saturated rings. The minimum Gasteiger partial charge on any atom is -0.480 e. The zero-order chi connectivity index (χ0) is 22.1. The van der Waals surface area contributed by atoms with Crippen molar-refractivity contribution in [3.8, 4) is 0 Å². The first kappa shape index (κ1) is 23.3. The Morgan fingerprint density at radius 1 is 1.00 bits per heavy atom. The lowest BCUT2D eigenvalue weighted by Gasteiger charge is -2.14. The number of aliphatic hydroxyl groups is 1. The maximum Gasteiger partial charge on any atom is 0.321 e. The molecule has 0 radical (unpaired) electrons. The highest BCUT2D eigenvalue weighted by Gasteiger charge is 2.21. The molecule has 2 aromatic rings. The van der Waals surface area contributed by atoms with Crippen molar-refractivity contribution in [1.29, 1.82) is 0 Å². The van der Waals surface area contributed by atoms with Crippen molar-refractivity contribution in [2.75, 3.05) is 23.2 Å². The van der Waals surface area contributed by atoms with Crippen LogP contribution in [0.15, 0.2) is 53.4 Å². The monoisotopic (exact) mass is 435 g/mol. The number of carbonyl (C=O) groups excluding carboxylic acids is 1. The van der Waals surface area contributed by atoms with Gasteiger partial charge in [0.05, 0.1) is 11.3 Å². The molecule has 0 saturated carbocycles. The number of aliphatic carboxylic acids is 1. The van der Waals surface area contributed by atoms with Crippen molar-refractivity contribution in [3.05, 3.63) is 54.1 Å². The van der Waals surface area contributed by atoms with Crippen LogP contribution < -0.4 is 15.4 Å². The molecule has 2 rings (SSSR count). The largest absolute Gasteiger partial charge is 0.480 e. The summed E-state index contributed by atoms with van der Waals surface area (Å²) >= 11 is 0. The van der Waals surface area contributed by atoms with Crippen molar-refractivity contribution in [2.45, 2.75) is 30.7 Å². The minimum atomic E-state index is -3.79. The number of hydrogen-bond acceptors (Lipinski definition) is 6. The smallest absolute Gasteiger partial charge is 0.321 e. The molecule has 30 heavy (non-hydrogen) atoms. The fraction of sp³-hybridized carbons (Fsp3) is 0.300. The molecule has 5 N–H and O–H groups in total. The van der Waals surface area contributed by atoms with Gasteiger partial charge >= 0.3 is 5.97 Å². The van der Waals surface area contributed by atoms with Crippen LogP contribution in [0.4, 0.5) is 11.4 Å². The quantitative estimate of drug-likeness (QED) is 0.337. The Labute approximate surface area is 175 Å². The van der Waals surface area contributed by atoms with Gasteiger partial charge in [-0.05, 0) is 56.3 Å². The highest BCUT2D eigenvalue weighted by atomic mass is 32.2. The molecule has 0 heterocycles. The molecule has 0 spiro atoms. The number of aryl methyl sites for hydroxylation is 1. The summed E-state index contributed by atoms with van der Waals surface area (Å²) in [5, 5.41) is 23.2. The van der Waals surface area contributed by atoms with E-state index < -0.39 is 27.9 Å². The first-order valence-electron chi connectivity index (χ1n) is 9.28. The lowest BCUT2D eigenvalue weighted by Crippen LogP contribution is -2.40. The Morgan fingerprint density at radius 2 is 1.60 bits per heavy atom. The molecule has 162 valence electrons. The summed E-state index contributed by atoms with van der Waals surface area (Å²) in [4.78, 5) is 23.4. The zero-order valence-electron chi connectivity index (χ0n) is 16.5. The van der Waals surface area contributed by atoms with Crippen LogP contribution in [-0.4, -0.2) is 49.7 Å². The number of anilines is 2. The standard InChI is InChI=1S/C20H25N3O6S/c1-14-3-5-16(6-4-14)23-30(28,29)17-9-7-15(8-10-17)22-19(25)13-18(20(26)27)21-11-2-12-24/h3-10,18,21,23-24H,2,11-13H2,1H3,(H,22,25)(H,26,27). The van der Waals surface area contributed by atoms with Gasteiger partial charge in [0.25, 0.3) is 10.0 Å². The van der Waals surface area contributed by atoms with Crippen molar-refractivity contribution in [1.82, 2.24) is 5.32 Å². The van der Waals surface area contributed by atoms with Gasteiger partial charge in [-0.15, -0.1) is 0 Å². The lowest BCUT2D eigenvalue weighted by molar-refractivity contribution is -0.141. The van der Waals surface area contributed by atoms with E-state index in [9.17, 15) is 23.1 Å². The molecular weight excluding hydrogens is 410 g/mol. The van der Waals surface area contributed by atoms with E-state index in [1.165, 1.54) is 24.3 Å². The average Bonchev–Trinajstić information content (AvgIpc) is 2.69. The average molecular weight is 436 g/mol. The molecule has 0 aliphatic carbocycles. The van der Waals surface area contributed by atoms with Crippen LogP contribution in [0, 0.1) is 6.92 Å². The van der Waals surface area contributed by atoms with Crippen LogP contribution in [0.1, 0.15) is 18.4 Å². The second kappa shape index (κ2) is 10.7. The number of aliphatic hydroxyl groups excluding tert-OH is 1. The first-order valence-corrected chi connectivity index (χ1v) is 10.8. The third-order valence-electron chi connectivity index (χ3n) is 4.17. The predicted molar refractivity (Wildman–Crippen MR) is 113 cm³/mol. The number of carboxylic acid groups (broad SMARTS) is 1. The Bertz CT molecular complexity index is 959. The molecule has 2 aromatic carbocycles. The molecule has 0 aliphatic heterocycles. The highest BCUT2D eigenvalue weighted by molar-refractivity contribution is 7.92. The summed E-state index contributed by atoms with van der Waals surface area (Å²) in [6, 6.07) is 11.4. The number of benzene rings is 2. The Balaban J connectivity index is 1.98. The first-order chi connectivity index (χ1) is 14.2. The third-order valence-corrected chi connectivity index (χ3v) is 5.56. The van der Waals surface area contributed by atoms with E-state index in [2.05, 4.69) is 15.4 Å². The number of hydrogen-bond donors (Lipinski definition) is 5. The summed E-state index contributed by atoms with van der Waals surface area (Å²) < 4.78 is 27.4. The van der Waals surface area contributed by atoms with E-state index in [0.717, 1.165) is 5.56 Å². The molecule has 0 bridgehead atoms. The van der Waals surface area contributed by atoms with Gasteiger partial charge in [0.1, 0.15) is 6.04 Å². The van der Waals surface area contributed by atoms with Gasteiger partial charge in [-0.25, -0.2) is 8.42 Å². The topological polar surface area (TPSA) is 145 Å². The number of amides is 1. The number of carbonyl (C=O) groups is 2. The van der Waals surface area contributed by atoms with Gasteiger partial charge in [0, 0.05) is 18.0 Å². The minimum absolute atomic E-state index is 0.0233. The van der Waals surface area contributed by atoms with Crippen molar-refractivity contribution in [2.24, 2.45) is 0 Å². The van der Waals surface area contributed by atoms with E-state index in [0.29, 0.717) is 17.8 Å². The Hall–Kier alpha value is -2.95. The third kappa shape index (κ3) is 7.14. The van der Waals surface area contributed by atoms with Gasteiger partial charge in [-0.1, -0.05) is 17.7 Å². The summed E-state index contributed by atoms with van der Waals surface area (Å²) in [5.74, 6) is -1.71. The molecule has 1 atom stereocenters. The van der Waals surface area contributed by atoms with E-state index in [1.54, 1.807) is 24.3 Å². The molecule has 0 aliphatic rings. The van der Waals surface area contributed by atoms with Gasteiger partial charge < -0.3 is 20.8 Å². The summed E-state index contributed by atoms with van der Waals surface area (Å²) in [6.45, 7) is 2.08. The Kier molecular flexibility index (Phi) is 8.34. The van der Waals surface area contributed by atoms with Crippen molar-refractivity contribution < 1.29 is 28.2 Å². The van der Waals surface area contributed by atoms with Crippen LogP contribution in [0.25, 0.3) is 0 Å². The number of nitrogens with one attached hydrogen (secondary N) is 3. The molecule has 9 nitrogen and oxygen atoms in total. The van der Waals surface area contributed by atoms with E-state index in [4.69, 9.17) is 5.11 Å². The van der Waals surface area contributed by atoms with Gasteiger partial charge in [0.15, 0.2) is 0 Å². The number of carboxylic acids is 1. The van der Waals surface area contributed by atoms with Gasteiger partial charge in [-0.3, -0.25) is 14.3 Å². The van der Waals surface area contributed by atoms with E-state index in [1.807, 2.05) is 6.92 Å². The molecular formula is C20H25N3O6S. The zero-order valence-corrected chi connectivity index (χ0v) is 17.3. The van der Waals surface area contributed by atoms with E-state index in [-0.39, 0.29) is 24.5 Å². The van der Waals surface area contributed by atoms with Crippen molar-refractivity contribution >= 4 is 33.3 Å². The van der Waals surface area contributed by atoms with Gasteiger partial charge in [-0.2, -0.15) is 0 Å². The summed E-state index contributed by atoms with van der Waals surface area (Å²) in [6.07, 6.45) is 0.0632. The van der Waals surface area contributed by atoms with Crippen LogP contribution >= 0.6 is 0 Å². The maximum atomic E-state index is 12.5. The fourth-order valence-electron chi connectivity index (χ4n) is 2.55. The van der Waals surface area contributed by atoms with Gasteiger partial charge in [0.2, 0.25) is 5.91 Å². The van der Waals surface area contributed by atoms with Crippen molar-refractivity contribution in [3.63, 3.8) is 0 Å². The molecule has 0 saturated heterocycles. The molecule has 0 aromatic heterocycles. The van der Waals surface area contributed by atoms with Crippen LogP contribution in [0.3, 0.4) is 0 Å². The molecule has 1 amide bonds. The fourth-order valence-corrected chi connectivity index (χ4v) is 3.61.